The third-order valence-electron chi connectivity index (χ3n) is 3.27. The molecular weight excluding hydrogens is 295 g/mol. The van der Waals surface area contributed by atoms with E-state index in [-0.39, 0.29) is 34.2 Å². The van der Waals surface area contributed by atoms with Crippen molar-refractivity contribution in [2.45, 2.75) is 45.1 Å². The standard InChI is InChI=1S/C14H23FN2O3S/c1-8(2)5-11(7-18)17-21(19,20)14-9(3)6-12(15)13(16)10(14)4/h6,8,11,17-18H,5,7,16H2,1-4H3. The topological polar surface area (TPSA) is 92.4 Å². The van der Waals surface area contributed by atoms with Crippen LogP contribution in [0.25, 0.3) is 0 Å². The third-order valence-corrected chi connectivity index (χ3v) is 5.08. The summed E-state index contributed by atoms with van der Waals surface area (Å²) in [5, 5.41) is 9.31. The molecule has 0 aromatic heterocycles. The fraction of sp³-hybridized carbons (Fsp3) is 0.571. The minimum absolute atomic E-state index is 0.0244. The van der Waals surface area contributed by atoms with E-state index in [0.29, 0.717) is 6.42 Å². The van der Waals surface area contributed by atoms with E-state index < -0.39 is 21.9 Å². The van der Waals surface area contributed by atoms with E-state index in [0.717, 1.165) is 6.07 Å². The summed E-state index contributed by atoms with van der Waals surface area (Å²) in [4.78, 5) is -0.0244. The summed E-state index contributed by atoms with van der Waals surface area (Å²) in [6.07, 6.45) is 0.504. The van der Waals surface area contributed by atoms with Crippen LogP contribution in [0, 0.1) is 25.6 Å². The lowest BCUT2D eigenvalue weighted by Crippen LogP contribution is -2.39. The lowest BCUT2D eigenvalue weighted by Gasteiger charge is -2.20. The molecule has 0 aliphatic rings. The Morgan fingerprint density at radius 3 is 2.43 bits per heavy atom. The molecule has 1 atom stereocenters. The minimum Gasteiger partial charge on any atom is -0.396 e. The number of benzene rings is 1. The molecule has 1 aromatic rings. The summed E-state index contributed by atoms with van der Waals surface area (Å²) in [5.41, 5.74) is 5.87. The van der Waals surface area contributed by atoms with Crippen molar-refractivity contribution in [2.75, 3.05) is 12.3 Å². The van der Waals surface area contributed by atoms with Crippen molar-refractivity contribution < 1.29 is 17.9 Å². The Labute approximate surface area is 125 Å². The molecular formula is C14H23FN2O3S. The molecule has 21 heavy (non-hydrogen) atoms. The fourth-order valence-corrected chi connectivity index (χ4v) is 4.07. The van der Waals surface area contributed by atoms with Crippen LogP contribution in [0.3, 0.4) is 0 Å². The second-order valence-electron chi connectivity index (χ2n) is 5.67. The smallest absolute Gasteiger partial charge is 0.241 e. The van der Waals surface area contributed by atoms with Gasteiger partial charge in [0.1, 0.15) is 5.82 Å². The average Bonchev–Trinajstić information content (AvgIpc) is 2.33. The van der Waals surface area contributed by atoms with Crippen LogP contribution in [-0.2, 0) is 10.0 Å². The van der Waals surface area contributed by atoms with E-state index in [2.05, 4.69) is 4.72 Å². The summed E-state index contributed by atoms with van der Waals surface area (Å²) >= 11 is 0. The number of aryl methyl sites for hydroxylation is 1. The van der Waals surface area contributed by atoms with Crippen molar-refractivity contribution in [1.29, 1.82) is 0 Å². The molecule has 0 bridgehead atoms. The molecule has 0 radical (unpaired) electrons. The maximum absolute atomic E-state index is 13.5. The van der Waals surface area contributed by atoms with Crippen LogP contribution in [0.5, 0.6) is 0 Å². The van der Waals surface area contributed by atoms with Crippen LogP contribution >= 0.6 is 0 Å². The quantitative estimate of drug-likeness (QED) is 0.696. The number of aliphatic hydroxyl groups excluding tert-OH is 1. The van der Waals surface area contributed by atoms with Crippen LogP contribution in [0.4, 0.5) is 10.1 Å². The van der Waals surface area contributed by atoms with Crippen molar-refractivity contribution in [3.63, 3.8) is 0 Å². The number of aliphatic hydroxyl groups is 1. The molecule has 1 unspecified atom stereocenters. The van der Waals surface area contributed by atoms with Gasteiger partial charge in [-0.3, -0.25) is 0 Å². The molecule has 1 aromatic carbocycles. The van der Waals surface area contributed by atoms with Crippen molar-refractivity contribution >= 4 is 15.7 Å². The van der Waals surface area contributed by atoms with Crippen molar-refractivity contribution in [3.05, 3.63) is 23.0 Å². The van der Waals surface area contributed by atoms with Gasteiger partial charge in [0.25, 0.3) is 0 Å². The number of hydrogen-bond acceptors (Lipinski definition) is 4. The largest absolute Gasteiger partial charge is 0.396 e. The minimum atomic E-state index is -3.87. The molecule has 5 nitrogen and oxygen atoms in total. The van der Waals surface area contributed by atoms with E-state index in [1.807, 2.05) is 13.8 Å². The highest BCUT2D eigenvalue weighted by Gasteiger charge is 2.26. The van der Waals surface area contributed by atoms with Crippen LogP contribution in [-0.4, -0.2) is 26.2 Å². The lowest BCUT2D eigenvalue weighted by atomic mass is 10.1. The molecule has 1 rings (SSSR count). The second-order valence-corrected chi connectivity index (χ2v) is 7.32. The predicted molar refractivity (Wildman–Crippen MR) is 80.9 cm³/mol. The molecule has 0 saturated carbocycles. The molecule has 0 aliphatic heterocycles. The average molecular weight is 318 g/mol. The first-order chi connectivity index (χ1) is 9.60. The zero-order valence-electron chi connectivity index (χ0n) is 12.8. The summed E-state index contributed by atoms with van der Waals surface area (Å²) in [5.74, 6) is -0.407. The van der Waals surface area contributed by atoms with E-state index in [4.69, 9.17) is 5.73 Å². The highest BCUT2D eigenvalue weighted by molar-refractivity contribution is 7.89. The Hall–Kier alpha value is -1.18. The van der Waals surface area contributed by atoms with Gasteiger partial charge in [-0.15, -0.1) is 0 Å². The SMILES string of the molecule is Cc1cc(F)c(N)c(C)c1S(=O)(=O)NC(CO)CC(C)C. The third kappa shape index (κ3) is 4.15. The Morgan fingerprint density at radius 2 is 1.95 bits per heavy atom. The molecule has 120 valence electrons. The molecule has 7 heteroatoms. The van der Waals surface area contributed by atoms with E-state index in [1.165, 1.54) is 13.8 Å². The monoisotopic (exact) mass is 318 g/mol. The molecule has 0 fully saturated rings. The Morgan fingerprint density at radius 1 is 1.38 bits per heavy atom. The molecule has 0 aliphatic carbocycles. The number of hydrogen-bond donors (Lipinski definition) is 3. The Balaban J connectivity index is 3.23. The number of nitrogen functional groups attached to an aromatic ring is 1. The van der Waals surface area contributed by atoms with Gasteiger partial charge in [0, 0.05) is 6.04 Å². The van der Waals surface area contributed by atoms with Gasteiger partial charge in [-0.25, -0.2) is 17.5 Å². The molecule has 0 saturated heterocycles. The van der Waals surface area contributed by atoms with Crippen LogP contribution in [0.2, 0.25) is 0 Å². The number of nitrogens with one attached hydrogen (secondary N) is 1. The molecule has 0 heterocycles. The summed E-state index contributed by atoms with van der Waals surface area (Å²) in [6.45, 7) is 6.55. The van der Waals surface area contributed by atoms with Crippen molar-refractivity contribution in [1.82, 2.24) is 4.72 Å². The van der Waals surface area contributed by atoms with E-state index in [1.54, 1.807) is 0 Å². The summed E-state index contributed by atoms with van der Waals surface area (Å²) in [7, 11) is -3.87. The van der Waals surface area contributed by atoms with Crippen molar-refractivity contribution in [2.24, 2.45) is 5.92 Å². The van der Waals surface area contributed by atoms with Crippen molar-refractivity contribution in [3.8, 4) is 0 Å². The molecule has 0 amide bonds. The maximum Gasteiger partial charge on any atom is 0.241 e. The first-order valence-corrected chi connectivity index (χ1v) is 8.26. The van der Waals surface area contributed by atoms with Crippen LogP contribution in [0.15, 0.2) is 11.0 Å². The Kier molecular flexibility index (Phi) is 5.72. The van der Waals surface area contributed by atoms with Gasteiger partial charge < -0.3 is 10.8 Å². The zero-order chi connectivity index (χ0) is 16.4. The van der Waals surface area contributed by atoms with Gasteiger partial charge in [0.05, 0.1) is 17.2 Å². The van der Waals surface area contributed by atoms with E-state index in [9.17, 15) is 17.9 Å². The first-order valence-electron chi connectivity index (χ1n) is 6.78. The second kappa shape index (κ2) is 6.72. The van der Waals surface area contributed by atoms with E-state index >= 15 is 0 Å². The van der Waals surface area contributed by atoms with Gasteiger partial charge in [0.2, 0.25) is 10.0 Å². The Bertz CT molecular complexity index is 615. The lowest BCUT2D eigenvalue weighted by molar-refractivity contribution is 0.240. The number of rotatable bonds is 6. The number of sulfonamides is 1. The first kappa shape index (κ1) is 17.9. The van der Waals surface area contributed by atoms with Gasteiger partial charge in [-0.2, -0.15) is 0 Å². The highest BCUT2D eigenvalue weighted by Crippen LogP contribution is 2.27. The maximum atomic E-state index is 13.5. The van der Waals surface area contributed by atoms with Gasteiger partial charge >= 0.3 is 0 Å². The van der Waals surface area contributed by atoms with Gasteiger partial charge in [0.15, 0.2) is 0 Å². The summed E-state index contributed by atoms with van der Waals surface area (Å²) in [6, 6.07) is 0.521. The molecule has 0 spiro atoms. The van der Waals surface area contributed by atoms with Crippen LogP contribution in [0.1, 0.15) is 31.4 Å². The van der Waals surface area contributed by atoms with Crippen LogP contribution < -0.4 is 10.5 Å². The number of anilines is 1. The highest BCUT2D eigenvalue weighted by atomic mass is 32.2. The zero-order valence-corrected chi connectivity index (χ0v) is 13.6. The number of halogens is 1. The normalized spacial score (nSPS) is 13.7. The predicted octanol–water partition coefficient (Wildman–Crippen LogP) is 1.71. The van der Waals surface area contributed by atoms with Gasteiger partial charge in [-0.05, 0) is 43.4 Å². The summed E-state index contributed by atoms with van der Waals surface area (Å²) < 4.78 is 41.0. The van der Waals surface area contributed by atoms with Gasteiger partial charge in [-0.1, -0.05) is 13.8 Å². The molecule has 4 N–H and O–H groups in total. The fourth-order valence-electron chi connectivity index (χ4n) is 2.35. The number of nitrogens with two attached hydrogens (primary N) is 1.